The molecule has 17 heavy (non-hydrogen) atoms. The summed E-state index contributed by atoms with van der Waals surface area (Å²) in [4.78, 5) is 14.9. The molecule has 0 spiro atoms. The van der Waals surface area contributed by atoms with Crippen molar-refractivity contribution >= 4 is 29.3 Å². The third-order valence-corrected chi connectivity index (χ3v) is 3.18. The monoisotopic (exact) mass is 250 g/mol. The van der Waals surface area contributed by atoms with Crippen molar-refractivity contribution < 1.29 is 9.18 Å². The Morgan fingerprint density at radius 2 is 1.76 bits per heavy atom. The molecule has 1 aliphatic rings. The highest BCUT2D eigenvalue weighted by Gasteiger charge is 2.32. The standard InChI is InChI=1S/C12H11FN2OS/c1-14-10(11(16)15(2)12(14)17)7-8-3-5-9(13)6-4-8/h3-7H,1-2H3/b10-7-. The number of carbonyl (C=O) groups is 1. The Balaban J connectivity index is 2.37. The largest absolute Gasteiger partial charge is 0.317 e. The van der Waals surface area contributed by atoms with Crippen LogP contribution in [0.4, 0.5) is 4.39 Å². The summed E-state index contributed by atoms with van der Waals surface area (Å²) in [6.07, 6.45) is 1.69. The fourth-order valence-corrected chi connectivity index (χ4v) is 1.79. The van der Waals surface area contributed by atoms with Crippen LogP contribution >= 0.6 is 12.2 Å². The molecule has 5 heteroatoms. The van der Waals surface area contributed by atoms with Gasteiger partial charge in [0.2, 0.25) is 0 Å². The lowest BCUT2D eigenvalue weighted by Crippen LogP contribution is -2.26. The SMILES string of the molecule is CN1C(=O)/C(=C/c2ccc(F)cc2)N(C)C1=S. The number of amides is 1. The summed E-state index contributed by atoms with van der Waals surface area (Å²) in [5.41, 5.74) is 1.25. The highest BCUT2D eigenvalue weighted by atomic mass is 32.1. The zero-order valence-electron chi connectivity index (χ0n) is 9.48. The van der Waals surface area contributed by atoms with Gasteiger partial charge < -0.3 is 4.90 Å². The summed E-state index contributed by atoms with van der Waals surface area (Å²) in [6, 6.07) is 5.94. The molecule has 1 aliphatic heterocycles. The molecule has 1 aromatic carbocycles. The number of halogens is 1. The van der Waals surface area contributed by atoms with Gasteiger partial charge in [0.15, 0.2) is 5.11 Å². The Bertz CT molecular complexity index is 510. The lowest BCUT2D eigenvalue weighted by molar-refractivity contribution is -0.121. The van der Waals surface area contributed by atoms with Crippen LogP contribution in [0.2, 0.25) is 0 Å². The Morgan fingerprint density at radius 3 is 2.24 bits per heavy atom. The molecule has 1 heterocycles. The van der Waals surface area contributed by atoms with Gasteiger partial charge >= 0.3 is 0 Å². The number of nitrogens with zero attached hydrogens (tertiary/aromatic N) is 2. The second kappa shape index (κ2) is 4.25. The van der Waals surface area contributed by atoms with Gasteiger partial charge in [0.25, 0.3) is 5.91 Å². The summed E-state index contributed by atoms with van der Waals surface area (Å²) < 4.78 is 12.8. The molecule has 1 saturated heterocycles. The topological polar surface area (TPSA) is 23.6 Å². The minimum absolute atomic E-state index is 0.151. The third-order valence-electron chi connectivity index (χ3n) is 2.63. The summed E-state index contributed by atoms with van der Waals surface area (Å²) in [5.74, 6) is -0.451. The number of rotatable bonds is 1. The number of carbonyl (C=O) groups excluding carboxylic acids is 1. The van der Waals surface area contributed by atoms with Crippen molar-refractivity contribution in [3.63, 3.8) is 0 Å². The molecular weight excluding hydrogens is 239 g/mol. The van der Waals surface area contributed by atoms with Crippen LogP contribution in [0, 0.1) is 5.82 Å². The van der Waals surface area contributed by atoms with E-state index in [1.165, 1.54) is 17.0 Å². The minimum atomic E-state index is -0.300. The maximum absolute atomic E-state index is 12.8. The van der Waals surface area contributed by atoms with E-state index >= 15 is 0 Å². The Morgan fingerprint density at radius 1 is 1.18 bits per heavy atom. The van der Waals surface area contributed by atoms with Gasteiger partial charge in [0.1, 0.15) is 11.5 Å². The van der Waals surface area contributed by atoms with Crippen molar-refractivity contribution in [1.29, 1.82) is 0 Å². The van der Waals surface area contributed by atoms with Crippen LogP contribution in [0.5, 0.6) is 0 Å². The van der Waals surface area contributed by atoms with E-state index in [0.29, 0.717) is 10.8 Å². The molecule has 2 rings (SSSR count). The lowest BCUT2D eigenvalue weighted by atomic mass is 10.2. The molecule has 0 aliphatic carbocycles. The number of benzene rings is 1. The lowest BCUT2D eigenvalue weighted by Gasteiger charge is -2.10. The van der Waals surface area contributed by atoms with E-state index in [-0.39, 0.29) is 11.7 Å². The third kappa shape index (κ3) is 2.06. The number of hydrogen-bond acceptors (Lipinski definition) is 2. The molecule has 0 N–H and O–H groups in total. The molecule has 1 amide bonds. The minimum Gasteiger partial charge on any atom is -0.317 e. The van der Waals surface area contributed by atoms with Crippen LogP contribution in [0.1, 0.15) is 5.56 Å². The second-order valence-corrected chi connectivity index (χ2v) is 4.15. The van der Waals surface area contributed by atoms with Gasteiger partial charge in [-0.3, -0.25) is 9.69 Å². The van der Waals surface area contributed by atoms with Crippen LogP contribution < -0.4 is 0 Å². The van der Waals surface area contributed by atoms with Gasteiger partial charge in [-0.15, -0.1) is 0 Å². The fourth-order valence-electron chi connectivity index (χ4n) is 1.61. The number of hydrogen-bond donors (Lipinski definition) is 0. The molecule has 0 bridgehead atoms. The highest BCUT2D eigenvalue weighted by molar-refractivity contribution is 7.80. The summed E-state index contributed by atoms with van der Waals surface area (Å²) in [6.45, 7) is 0. The van der Waals surface area contributed by atoms with E-state index in [2.05, 4.69) is 0 Å². The van der Waals surface area contributed by atoms with Gasteiger partial charge in [0, 0.05) is 14.1 Å². The van der Waals surface area contributed by atoms with Crippen LogP contribution in [-0.2, 0) is 4.79 Å². The van der Waals surface area contributed by atoms with E-state index in [9.17, 15) is 9.18 Å². The van der Waals surface area contributed by atoms with Gasteiger partial charge in [-0.05, 0) is 36.0 Å². The number of likely N-dealkylation sites (N-methyl/N-ethyl adjacent to an activating group) is 2. The predicted octanol–water partition coefficient (Wildman–Crippen LogP) is 1.86. The predicted molar refractivity (Wildman–Crippen MR) is 67.5 cm³/mol. The van der Waals surface area contributed by atoms with Crippen LogP contribution in [0.3, 0.4) is 0 Å². The highest BCUT2D eigenvalue weighted by Crippen LogP contribution is 2.20. The molecule has 0 aromatic heterocycles. The normalized spacial score (nSPS) is 18.4. The zero-order chi connectivity index (χ0) is 12.6. The van der Waals surface area contributed by atoms with Crippen molar-refractivity contribution in [2.75, 3.05) is 14.1 Å². The maximum atomic E-state index is 12.8. The average Bonchev–Trinajstić information content (AvgIpc) is 2.50. The molecule has 0 saturated carbocycles. The average molecular weight is 250 g/mol. The van der Waals surface area contributed by atoms with Crippen molar-refractivity contribution in [3.8, 4) is 0 Å². The van der Waals surface area contributed by atoms with Gasteiger partial charge in [0.05, 0.1) is 0 Å². The zero-order valence-corrected chi connectivity index (χ0v) is 10.3. The van der Waals surface area contributed by atoms with E-state index in [4.69, 9.17) is 12.2 Å². The molecule has 88 valence electrons. The first-order valence-electron chi connectivity index (χ1n) is 5.03. The summed E-state index contributed by atoms with van der Waals surface area (Å²) in [7, 11) is 3.37. The van der Waals surface area contributed by atoms with E-state index in [1.54, 1.807) is 37.2 Å². The molecule has 3 nitrogen and oxygen atoms in total. The molecule has 0 unspecified atom stereocenters. The molecule has 0 atom stereocenters. The number of thiocarbonyl (C=S) groups is 1. The Hall–Kier alpha value is -1.75. The van der Waals surface area contributed by atoms with Crippen LogP contribution in [0.15, 0.2) is 30.0 Å². The first-order chi connectivity index (χ1) is 8.00. The van der Waals surface area contributed by atoms with Crippen molar-refractivity contribution in [2.45, 2.75) is 0 Å². The van der Waals surface area contributed by atoms with Gasteiger partial charge in [-0.1, -0.05) is 12.1 Å². The smallest absolute Gasteiger partial charge is 0.276 e. The van der Waals surface area contributed by atoms with E-state index in [1.807, 2.05) is 0 Å². The summed E-state index contributed by atoms with van der Waals surface area (Å²) >= 11 is 5.09. The molecule has 1 aromatic rings. The summed E-state index contributed by atoms with van der Waals surface area (Å²) in [5, 5.41) is 0.461. The van der Waals surface area contributed by atoms with E-state index < -0.39 is 0 Å². The molecule has 1 fully saturated rings. The Labute approximate surface area is 104 Å². The van der Waals surface area contributed by atoms with Crippen molar-refractivity contribution in [1.82, 2.24) is 9.80 Å². The van der Waals surface area contributed by atoms with Crippen LogP contribution in [0.25, 0.3) is 6.08 Å². The second-order valence-electron chi connectivity index (χ2n) is 3.79. The molecule has 0 radical (unpaired) electrons. The first-order valence-corrected chi connectivity index (χ1v) is 5.44. The van der Waals surface area contributed by atoms with Gasteiger partial charge in [-0.25, -0.2) is 4.39 Å². The quantitative estimate of drug-likeness (QED) is 0.561. The molecular formula is C12H11FN2OS. The Kier molecular flexibility index (Phi) is 2.93. The van der Waals surface area contributed by atoms with Crippen molar-refractivity contribution in [2.24, 2.45) is 0 Å². The van der Waals surface area contributed by atoms with Gasteiger partial charge in [-0.2, -0.15) is 0 Å². The maximum Gasteiger partial charge on any atom is 0.276 e. The fraction of sp³-hybridized carbons (Fsp3) is 0.167. The van der Waals surface area contributed by atoms with Crippen LogP contribution in [-0.4, -0.2) is 34.9 Å². The van der Waals surface area contributed by atoms with Crippen molar-refractivity contribution in [3.05, 3.63) is 41.3 Å². The van der Waals surface area contributed by atoms with E-state index in [0.717, 1.165) is 5.56 Å². The first kappa shape index (κ1) is 11.7.